The average molecular weight is 248 g/mol. The molecule has 0 radical (unpaired) electrons. The highest BCUT2D eigenvalue weighted by atomic mass is 19.1. The largest absolute Gasteiger partial charge is 0.463 e. The van der Waals surface area contributed by atoms with E-state index in [0.29, 0.717) is 13.1 Å². The van der Waals surface area contributed by atoms with Crippen LogP contribution < -0.4 is 10.2 Å². The van der Waals surface area contributed by atoms with Crippen molar-refractivity contribution in [1.82, 2.24) is 5.32 Å². The lowest BCUT2D eigenvalue weighted by Gasteiger charge is -2.17. The third-order valence-electron chi connectivity index (χ3n) is 2.71. The second-order valence-corrected chi connectivity index (χ2v) is 4.23. The molecule has 0 fully saturated rings. The van der Waals surface area contributed by atoms with Crippen LogP contribution in [0.2, 0.25) is 0 Å². The van der Waals surface area contributed by atoms with Crippen molar-refractivity contribution in [3.05, 3.63) is 53.7 Å². The van der Waals surface area contributed by atoms with Gasteiger partial charge < -0.3 is 14.6 Å². The summed E-state index contributed by atoms with van der Waals surface area (Å²) in [7, 11) is 3.79. The molecule has 1 aromatic heterocycles. The van der Waals surface area contributed by atoms with Crippen molar-refractivity contribution in [3.8, 4) is 0 Å². The zero-order valence-corrected chi connectivity index (χ0v) is 10.6. The van der Waals surface area contributed by atoms with Gasteiger partial charge in [0.1, 0.15) is 17.3 Å². The van der Waals surface area contributed by atoms with Gasteiger partial charge in [-0.05, 0) is 37.4 Å². The molecule has 0 unspecified atom stereocenters. The number of furan rings is 1. The van der Waals surface area contributed by atoms with Gasteiger partial charge in [-0.15, -0.1) is 0 Å². The van der Waals surface area contributed by atoms with Gasteiger partial charge in [0, 0.05) is 12.7 Å². The van der Waals surface area contributed by atoms with Gasteiger partial charge in [0.15, 0.2) is 0 Å². The Labute approximate surface area is 106 Å². The molecule has 0 bridgehead atoms. The number of hydrogen-bond acceptors (Lipinski definition) is 3. The third-order valence-corrected chi connectivity index (χ3v) is 2.71. The second kappa shape index (κ2) is 5.69. The number of halogens is 1. The molecule has 0 saturated carbocycles. The predicted octanol–water partition coefficient (Wildman–Crippen LogP) is 2.77. The summed E-state index contributed by atoms with van der Waals surface area (Å²) in [6.45, 7) is 1.33. The SMILES string of the molecule is CNCc1ccc(CN(C)c2cccc(F)c2)o1. The Balaban J connectivity index is 2.04. The van der Waals surface area contributed by atoms with Gasteiger partial charge in [0.25, 0.3) is 0 Å². The highest BCUT2D eigenvalue weighted by molar-refractivity contribution is 5.45. The summed E-state index contributed by atoms with van der Waals surface area (Å²) >= 11 is 0. The van der Waals surface area contributed by atoms with Gasteiger partial charge in [0.2, 0.25) is 0 Å². The molecular weight excluding hydrogens is 231 g/mol. The third kappa shape index (κ3) is 3.11. The molecule has 2 aromatic rings. The molecule has 0 saturated heterocycles. The van der Waals surface area contributed by atoms with Crippen LogP contribution in [0.15, 0.2) is 40.8 Å². The zero-order chi connectivity index (χ0) is 13.0. The fourth-order valence-electron chi connectivity index (χ4n) is 1.82. The Morgan fingerprint density at radius 2 is 2.00 bits per heavy atom. The van der Waals surface area contributed by atoms with Crippen LogP contribution in [0, 0.1) is 5.82 Å². The Kier molecular flexibility index (Phi) is 3.99. The molecule has 1 heterocycles. The van der Waals surface area contributed by atoms with E-state index < -0.39 is 0 Å². The predicted molar refractivity (Wildman–Crippen MR) is 70.0 cm³/mol. The van der Waals surface area contributed by atoms with Crippen molar-refractivity contribution in [1.29, 1.82) is 0 Å². The summed E-state index contributed by atoms with van der Waals surface area (Å²) in [4.78, 5) is 1.95. The van der Waals surface area contributed by atoms with Crippen molar-refractivity contribution >= 4 is 5.69 Å². The van der Waals surface area contributed by atoms with Gasteiger partial charge in [0.05, 0.1) is 13.1 Å². The first-order valence-electron chi connectivity index (χ1n) is 5.88. The minimum absolute atomic E-state index is 0.227. The van der Waals surface area contributed by atoms with E-state index in [1.165, 1.54) is 12.1 Å². The molecule has 0 atom stereocenters. The maximum Gasteiger partial charge on any atom is 0.125 e. The standard InChI is InChI=1S/C14H17FN2O/c1-16-9-13-6-7-14(18-13)10-17(2)12-5-3-4-11(15)8-12/h3-8,16H,9-10H2,1-2H3. The highest BCUT2D eigenvalue weighted by Crippen LogP contribution is 2.17. The molecule has 2 rings (SSSR count). The Morgan fingerprint density at radius 1 is 1.22 bits per heavy atom. The van der Waals surface area contributed by atoms with E-state index in [2.05, 4.69) is 5.32 Å². The first-order chi connectivity index (χ1) is 8.69. The maximum atomic E-state index is 13.1. The molecule has 0 spiro atoms. The molecule has 4 heteroatoms. The van der Waals surface area contributed by atoms with Crippen molar-refractivity contribution in [2.24, 2.45) is 0 Å². The highest BCUT2D eigenvalue weighted by Gasteiger charge is 2.06. The van der Waals surface area contributed by atoms with E-state index in [-0.39, 0.29) is 5.82 Å². The van der Waals surface area contributed by atoms with Crippen LogP contribution in [0.3, 0.4) is 0 Å². The van der Waals surface area contributed by atoms with Crippen LogP contribution in [-0.4, -0.2) is 14.1 Å². The normalized spacial score (nSPS) is 10.6. The van der Waals surface area contributed by atoms with Gasteiger partial charge in [-0.1, -0.05) is 6.07 Å². The number of anilines is 1. The molecule has 0 aliphatic carbocycles. The fourth-order valence-corrected chi connectivity index (χ4v) is 1.82. The van der Waals surface area contributed by atoms with Crippen LogP contribution in [0.4, 0.5) is 10.1 Å². The Bertz CT molecular complexity index is 510. The molecule has 0 aliphatic rings. The van der Waals surface area contributed by atoms with Crippen LogP contribution in [0.1, 0.15) is 11.5 Å². The minimum atomic E-state index is -0.227. The van der Waals surface area contributed by atoms with Crippen LogP contribution >= 0.6 is 0 Å². The van der Waals surface area contributed by atoms with Crippen molar-refractivity contribution in [2.75, 3.05) is 19.0 Å². The lowest BCUT2D eigenvalue weighted by molar-refractivity contribution is 0.453. The summed E-state index contributed by atoms with van der Waals surface area (Å²) in [5.41, 5.74) is 0.835. The van der Waals surface area contributed by atoms with Gasteiger partial charge in [-0.3, -0.25) is 0 Å². The van der Waals surface area contributed by atoms with Crippen molar-refractivity contribution in [2.45, 2.75) is 13.1 Å². The number of nitrogens with one attached hydrogen (secondary N) is 1. The lowest BCUT2D eigenvalue weighted by atomic mass is 10.3. The fraction of sp³-hybridized carbons (Fsp3) is 0.286. The minimum Gasteiger partial charge on any atom is -0.463 e. The average Bonchev–Trinajstić information content (AvgIpc) is 2.77. The Morgan fingerprint density at radius 3 is 2.72 bits per heavy atom. The molecule has 0 aliphatic heterocycles. The topological polar surface area (TPSA) is 28.4 Å². The summed E-state index contributed by atoms with van der Waals surface area (Å²) in [5, 5.41) is 3.03. The molecular formula is C14H17FN2O. The summed E-state index contributed by atoms with van der Waals surface area (Å²) in [6, 6.07) is 10.4. The van der Waals surface area contributed by atoms with E-state index in [0.717, 1.165) is 17.2 Å². The first kappa shape index (κ1) is 12.6. The molecule has 0 amide bonds. The monoisotopic (exact) mass is 248 g/mol. The lowest BCUT2D eigenvalue weighted by Crippen LogP contribution is -2.15. The molecule has 18 heavy (non-hydrogen) atoms. The molecule has 1 N–H and O–H groups in total. The summed E-state index contributed by atoms with van der Waals surface area (Å²) in [5.74, 6) is 1.54. The van der Waals surface area contributed by atoms with Crippen LogP contribution in [0.25, 0.3) is 0 Å². The zero-order valence-electron chi connectivity index (χ0n) is 10.6. The van der Waals surface area contributed by atoms with Gasteiger partial charge in [-0.2, -0.15) is 0 Å². The quantitative estimate of drug-likeness (QED) is 0.882. The molecule has 1 aromatic carbocycles. The van der Waals surface area contributed by atoms with Crippen LogP contribution in [0.5, 0.6) is 0 Å². The number of benzene rings is 1. The molecule has 96 valence electrons. The van der Waals surface area contributed by atoms with Crippen LogP contribution in [-0.2, 0) is 13.1 Å². The molecule has 3 nitrogen and oxygen atoms in total. The smallest absolute Gasteiger partial charge is 0.125 e. The summed E-state index contributed by atoms with van der Waals surface area (Å²) < 4.78 is 18.8. The maximum absolute atomic E-state index is 13.1. The number of rotatable bonds is 5. The van der Waals surface area contributed by atoms with E-state index in [1.807, 2.05) is 37.2 Å². The summed E-state index contributed by atoms with van der Waals surface area (Å²) in [6.07, 6.45) is 0. The van der Waals surface area contributed by atoms with Gasteiger partial charge >= 0.3 is 0 Å². The second-order valence-electron chi connectivity index (χ2n) is 4.23. The van der Waals surface area contributed by atoms with E-state index in [9.17, 15) is 4.39 Å². The van der Waals surface area contributed by atoms with E-state index in [4.69, 9.17) is 4.42 Å². The van der Waals surface area contributed by atoms with Crippen molar-refractivity contribution < 1.29 is 8.81 Å². The van der Waals surface area contributed by atoms with Gasteiger partial charge in [-0.25, -0.2) is 4.39 Å². The van der Waals surface area contributed by atoms with Crippen molar-refractivity contribution in [3.63, 3.8) is 0 Å². The van der Waals surface area contributed by atoms with E-state index >= 15 is 0 Å². The Hall–Kier alpha value is -1.81. The number of hydrogen-bond donors (Lipinski definition) is 1. The first-order valence-corrected chi connectivity index (χ1v) is 5.88. The van der Waals surface area contributed by atoms with E-state index in [1.54, 1.807) is 6.07 Å². The number of nitrogens with zero attached hydrogens (tertiary/aromatic N) is 1.